The van der Waals surface area contributed by atoms with E-state index in [-0.39, 0.29) is 0 Å². The van der Waals surface area contributed by atoms with Crippen LogP contribution in [0.15, 0.2) is 45.8 Å². The van der Waals surface area contributed by atoms with E-state index in [1.165, 1.54) is 0 Å². The number of benzene rings is 2. The number of primary amides is 1. The first-order valence-corrected chi connectivity index (χ1v) is 7.89. The van der Waals surface area contributed by atoms with Gasteiger partial charge in [0.25, 0.3) is 0 Å². The van der Waals surface area contributed by atoms with Crippen molar-refractivity contribution in [3.63, 3.8) is 0 Å². The zero-order chi connectivity index (χ0) is 14.7. The average Bonchev–Trinajstić information content (AvgIpc) is 2.38. The summed E-state index contributed by atoms with van der Waals surface area (Å²) in [6.07, 6.45) is 0. The van der Waals surface area contributed by atoms with Crippen molar-refractivity contribution >= 4 is 50.9 Å². The molecule has 0 aromatic heterocycles. The summed E-state index contributed by atoms with van der Waals surface area (Å²) in [7, 11) is 0. The molecule has 0 aliphatic heterocycles. The quantitative estimate of drug-likeness (QED) is 0.628. The monoisotopic (exact) mass is 370 g/mol. The molecule has 0 saturated carbocycles. The average molecular weight is 372 g/mol. The van der Waals surface area contributed by atoms with Crippen molar-refractivity contribution in [1.29, 1.82) is 0 Å². The molecule has 2 aromatic carbocycles. The Balaban J connectivity index is 2.13. The van der Waals surface area contributed by atoms with Gasteiger partial charge in [-0.1, -0.05) is 17.7 Å². The first-order chi connectivity index (χ1) is 9.47. The van der Waals surface area contributed by atoms with E-state index >= 15 is 0 Å². The molecule has 0 bridgehead atoms. The summed E-state index contributed by atoms with van der Waals surface area (Å²) in [6, 6.07) is 10.8. The normalized spacial score (nSPS) is 10.5. The van der Waals surface area contributed by atoms with Gasteiger partial charge in [0.05, 0.1) is 0 Å². The van der Waals surface area contributed by atoms with E-state index < -0.39 is 5.91 Å². The molecule has 4 N–H and O–H groups in total. The smallest absolute Gasteiger partial charge is 0.248 e. The van der Waals surface area contributed by atoms with Gasteiger partial charge in [-0.05, 0) is 51.8 Å². The lowest BCUT2D eigenvalue weighted by molar-refractivity contribution is 0.100. The van der Waals surface area contributed by atoms with Crippen LogP contribution in [0.4, 0.5) is 5.69 Å². The number of anilines is 1. The molecule has 0 fully saturated rings. The molecule has 2 aromatic rings. The standard InChI is InChI=1S/C14H12BrClN2OS/c15-11-6-10(17)3-4-13(11)20-7-9-2-1-8(14(18)19)5-12(9)16/h1-6H,7,17H2,(H2,18,19). The van der Waals surface area contributed by atoms with E-state index in [9.17, 15) is 4.79 Å². The number of nitrogen functional groups attached to an aromatic ring is 1. The lowest BCUT2D eigenvalue weighted by atomic mass is 10.1. The van der Waals surface area contributed by atoms with Crippen molar-refractivity contribution in [3.8, 4) is 0 Å². The Morgan fingerprint density at radius 1 is 1.25 bits per heavy atom. The van der Waals surface area contributed by atoms with Crippen LogP contribution in [-0.4, -0.2) is 5.91 Å². The van der Waals surface area contributed by atoms with E-state index in [0.29, 0.717) is 22.0 Å². The van der Waals surface area contributed by atoms with Crippen LogP contribution in [0, 0.1) is 0 Å². The van der Waals surface area contributed by atoms with Gasteiger partial charge in [0, 0.05) is 31.4 Å². The molecular weight excluding hydrogens is 360 g/mol. The number of thioether (sulfide) groups is 1. The fraction of sp³-hybridized carbons (Fsp3) is 0.0714. The minimum Gasteiger partial charge on any atom is -0.399 e. The van der Waals surface area contributed by atoms with Crippen LogP contribution in [-0.2, 0) is 5.75 Å². The largest absolute Gasteiger partial charge is 0.399 e. The maximum Gasteiger partial charge on any atom is 0.248 e. The van der Waals surface area contributed by atoms with Gasteiger partial charge in [-0.15, -0.1) is 11.8 Å². The Kier molecular flexibility index (Phi) is 4.96. The number of hydrogen-bond acceptors (Lipinski definition) is 3. The zero-order valence-corrected chi connectivity index (χ0v) is 13.6. The number of nitrogens with two attached hydrogens (primary N) is 2. The number of hydrogen-bond donors (Lipinski definition) is 2. The third-order valence-electron chi connectivity index (χ3n) is 2.68. The van der Waals surface area contributed by atoms with E-state index in [2.05, 4.69) is 15.9 Å². The highest BCUT2D eigenvalue weighted by Crippen LogP contribution is 2.33. The molecule has 6 heteroatoms. The van der Waals surface area contributed by atoms with Crippen LogP contribution >= 0.6 is 39.3 Å². The van der Waals surface area contributed by atoms with Crippen molar-refractivity contribution < 1.29 is 4.79 Å². The molecule has 1 amide bonds. The molecule has 0 atom stereocenters. The molecule has 0 aliphatic carbocycles. The fourth-order valence-electron chi connectivity index (χ4n) is 1.61. The summed E-state index contributed by atoms with van der Waals surface area (Å²) in [5.74, 6) is 0.216. The maximum atomic E-state index is 11.1. The third kappa shape index (κ3) is 3.69. The number of halogens is 2. The number of rotatable bonds is 4. The Labute approximate surface area is 134 Å². The molecule has 0 aliphatic rings. The van der Waals surface area contributed by atoms with Gasteiger partial charge in [0.2, 0.25) is 5.91 Å². The second-order valence-corrected chi connectivity index (χ2v) is 6.43. The molecule has 104 valence electrons. The SMILES string of the molecule is NC(=O)c1ccc(CSc2ccc(N)cc2Br)c(Cl)c1. The van der Waals surface area contributed by atoms with Crippen LogP contribution in [0.25, 0.3) is 0 Å². The third-order valence-corrected chi connectivity index (χ3v) is 5.07. The van der Waals surface area contributed by atoms with Crippen LogP contribution in [0.1, 0.15) is 15.9 Å². The van der Waals surface area contributed by atoms with Crippen molar-refractivity contribution in [2.75, 3.05) is 5.73 Å². The molecule has 0 radical (unpaired) electrons. The second kappa shape index (κ2) is 6.52. The van der Waals surface area contributed by atoms with Crippen LogP contribution < -0.4 is 11.5 Å². The predicted molar refractivity (Wildman–Crippen MR) is 88.1 cm³/mol. The highest BCUT2D eigenvalue weighted by Gasteiger charge is 2.07. The summed E-state index contributed by atoms with van der Waals surface area (Å²) in [5, 5.41) is 0.542. The van der Waals surface area contributed by atoms with Gasteiger partial charge in [-0.2, -0.15) is 0 Å². The van der Waals surface area contributed by atoms with Gasteiger partial charge < -0.3 is 11.5 Å². The highest BCUT2D eigenvalue weighted by molar-refractivity contribution is 9.10. The number of carbonyl (C=O) groups is 1. The minimum absolute atomic E-state index is 0.414. The summed E-state index contributed by atoms with van der Waals surface area (Å²) in [4.78, 5) is 12.1. The van der Waals surface area contributed by atoms with E-state index in [0.717, 1.165) is 14.9 Å². The predicted octanol–water partition coefficient (Wildman–Crippen LogP) is 4.08. The van der Waals surface area contributed by atoms with Crippen molar-refractivity contribution in [2.24, 2.45) is 5.73 Å². The fourth-order valence-corrected chi connectivity index (χ4v) is 3.60. The van der Waals surface area contributed by atoms with Crippen molar-refractivity contribution in [2.45, 2.75) is 10.6 Å². The summed E-state index contributed by atoms with van der Waals surface area (Å²) >= 11 is 11.3. The van der Waals surface area contributed by atoms with E-state index in [1.54, 1.807) is 23.9 Å². The molecule has 0 saturated heterocycles. The summed E-state index contributed by atoms with van der Waals surface area (Å²) in [5.41, 5.74) is 13.0. The summed E-state index contributed by atoms with van der Waals surface area (Å²) in [6.45, 7) is 0. The Bertz CT molecular complexity index is 664. The second-order valence-electron chi connectivity index (χ2n) is 4.15. The first kappa shape index (κ1) is 15.2. The van der Waals surface area contributed by atoms with Crippen molar-refractivity contribution in [3.05, 3.63) is 57.0 Å². The van der Waals surface area contributed by atoms with Crippen LogP contribution in [0.5, 0.6) is 0 Å². The van der Waals surface area contributed by atoms with Gasteiger partial charge >= 0.3 is 0 Å². The maximum absolute atomic E-state index is 11.1. The van der Waals surface area contributed by atoms with Gasteiger partial charge in [0.1, 0.15) is 0 Å². The zero-order valence-electron chi connectivity index (χ0n) is 10.4. The minimum atomic E-state index is -0.479. The number of amides is 1. The lowest BCUT2D eigenvalue weighted by Gasteiger charge is -2.08. The molecule has 3 nitrogen and oxygen atoms in total. The first-order valence-electron chi connectivity index (χ1n) is 5.73. The molecule has 0 heterocycles. The topological polar surface area (TPSA) is 69.1 Å². The van der Waals surface area contributed by atoms with Gasteiger partial charge in [-0.25, -0.2) is 0 Å². The van der Waals surface area contributed by atoms with E-state index in [4.69, 9.17) is 23.1 Å². The highest BCUT2D eigenvalue weighted by atomic mass is 79.9. The summed E-state index contributed by atoms with van der Waals surface area (Å²) < 4.78 is 0.951. The molecule has 2 rings (SSSR count). The van der Waals surface area contributed by atoms with Gasteiger partial charge in [0.15, 0.2) is 0 Å². The molecule has 0 unspecified atom stereocenters. The lowest BCUT2D eigenvalue weighted by Crippen LogP contribution is -2.10. The van der Waals surface area contributed by atoms with Crippen LogP contribution in [0.2, 0.25) is 5.02 Å². The molecular formula is C14H12BrClN2OS. The Morgan fingerprint density at radius 3 is 2.60 bits per heavy atom. The molecule has 0 spiro atoms. The number of carbonyl (C=O) groups excluding carboxylic acids is 1. The van der Waals surface area contributed by atoms with Gasteiger partial charge in [-0.3, -0.25) is 4.79 Å². The van der Waals surface area contributed by atoms with E-state index in [1.807, 2.05) is 24.3 Å². The Hall–Kier alpha value is -1.17. The van der Waals surface area contributed by atoms with Crippen LogP contribution in [0.3, 0.4) is 0 Å². The Morgan fingerprint density at radius 2 is 2.00 bits per heavy atom. The van der Waals surface area contributed by atoms with Crippen molar-refractivity contribution in [1.82, 2.24) is 0 Å². The molecule has 20 heavy (non-hydrogen) atoms.